The topological polar surface area (TPSA) is 52.6 Å². The van der Waals surface area contributed by atoms with E-state index in [-0.39, 0.29) is 12.5 Å². The van der Waals surface area contributed by atoms with Gasteiger partial charge in [-0.05, 0) is 18.8 Å². The Morgan fingerprint density at radius 3 is 3.13 bits per heavy atom. The molecule has 1 unspecified atom stereocenters. The molecule has 84 valence electrons. The lowest BCUT2D eigenvalue weighted by Gasteiger charge is -2.16. The van der Waals surface area contributed by atoms with Crippen molar-refractivity contribution in [2.45, 2.75) is 12.8 Å². The van der Waals surface area contributed by atoms with Crippen LogP contribution in [-0.4, -0.2) is 48.7 Å². The first kappa shape index (κ1) is 12.0. The monoisotopic (exact) mass is 210 g/mol. The molecule has 0 bridgehead atoms. The number of rotatable bonds is 5. The molecule has 0 aromatic carbocycles. The van der Waals surface area contributed by atoms with Crippen molar-refractivity contribution in [3.63, 3.8) is 0 Å². The minimum absolute atomic E-state index is 0.102. The van der Waals surface area contributed by atoms with Gasteiger partial charge in [-0.2, -0.15) is 0 Å². The maximum Gasteiger partial charge on any atom is 0.236 e. The molecule has 0 aliphatic carbocycles. The van der Waals surface area contributed by atoms with E-state index in [0.29, 0.717) is 19.0 Å². The van der Waals surface area contributed by atoms with E-state index in [1.165, 1.54) is 0 Å². The summed E-state index contributed by atoms with van der Waals surface area (Å²) in [5, 5.41) is 11.7. The van der Waals surface area contributed by atoms with Crippen LogP contribution in [-0.2, 0) is 4.79 Å². The van der Waals surface area contributed by atoms with Crippen LogP contribution in [0.1, 0.15) is 12.8 Å². The molecule has 4 heteroatoms. The number of nitrogens with zero attached hydrogens (tertiary/aromatic N) is 1. The van der Waals surface area contributed by atoms with Gasteiger partial charge in [0.1, 0.15) is 0 Å². The summed E-state index contributed by atoms with van der Waals surface area (Å²) in [4.78, 5) is 13.4. The highest BCUT2D eigenvalue weighted by Crippen LogP contribution is 2.18. The zero-order valence-corrected chi connectivity index (χ0v) is 8.91. The van der Waals surface area contributed by atoms with Crippen LogP contribution in [0.5, 0.6) is 0 Å². The summed E-state index contributed by atoms with van der Waals surface area (Å²) >= 11 is 0. The summed E-state index contributed by atoms with van der Waals surface area (Å²) in [5.74, 6) is 2.99. The average Bonchev–Trinajstić information content (AvgIpc) is 2.67. The van der Waals surface area contributed by atoms with Gasteiger partial charge in [-0.3, -0.25) is 10.1 Å². The van der Waals surface area contributed by atoms with Gasteiger partial charge in [0.25, 0.3) is 0 Å². The van der Waals surface area contributed by atoms with Gasteiger partial charge in [0.2, 0.25) is 5.91 Å². The second kappa shape index (κ2) is 6.44. The SMILES string of the molecule is C#CCNCC(=O)N1CCC(CCO)C1. The lowest BCUT2D eigenvalue weighted by molar-refractivity contribution is -0.129. The van der Waals surface area contributed by atoms with E-state index >= 15 is 0 Å². The highest BCUT2D eigenvalue weighted by Gasteiger charge is 2.24. The van der Waals surface area contributed by atoms with Crippen LogP contribution in [0, 0.1) is 18.3 Å². The number of terminal acetylenes is 1. The number of hydrogen-bond donors (Lipinski definition) is 2. The molecule has 4 nitrogen and oxygen atoms in total. The van der Waals surface area contributed by atoms with E-state index in [4.69, 9.17) is 11.5 Å². The van der Waals surface area contributed by atoms with E-state index in [2.05, 4.69) is 11.2 Å². The Kier molecular flexibility index (Phi) is 5.16. The Labute approximate surface area is 90.6 Å². The fourth-order valence-electron chi connectivity index (χ4n) is 1.83. The molecule has 1 saturated heterocycles. The van der Waals surface area contributed by atoms with Crippen molar-refractivity contribution in [2.75, 3.05) is 32.8 Å². The molecule has 15 heavy (non-hydrogen) atoms. The Balaban J connectivity index is 2.21. The molecule has 1 aliphatic rings. The Hall–Kier alpha value is -1.05. The molecular weight excluding hydrogens is 192 g/mol. The smallest absolute Gasteiger partial charge is 0.236 e. The minimum Gasteiger partial charge on any atom is -0.396 e. The Bertz CT molecular complexity index is 247. The first-order valence-electron chi connectivity index (χ1n) is 5.30. The van der Waals surface area contributed by atoms with Crippen molar-refractivity contribution in [3.8, 4) is 12.3 Å². The highest BCUT2D eigenvalue weighted by atomic mass is 16.3. The molecule has 1 amide bonds. The van der Waals surface area contributed by atoms with Gasteiger partial charge in [0.05, 0.1) is 13.1 Å². The third-order valence-electron chi connectivity index (χ3n) is 2.68. The standard InChI is InChI=1S/C11H18N2O2/c1-2-5-12-8-11(15)13-6-3-10(9-13)4-7-14/h1,10,12,14H,3-9H2. The number of nitrogens with one attached hydrogen (secondary N) is 1. The second-order valence-electron chi connectivity index (χ2n) is 3.81. The molecule has 1 rings (SSSR count). The van der Waals surface area contributed by atoms with Gasteiger partial charge < -0.3 is 10.0 Å². The molecule has 0 spiro atoms. The lowest BCUT2D eigenvalue weighted by atomic mass is 10.1. The largest absolute Gasteiger partial charge is 0.396 e. The predicted octanol–water partition coefficient (Wildman–Crippen LogP) is -0.560. The third-order valence-corrected chi connectivity index (χ3v) is 2.68. The second-order valence-corrected chi connectivity index (χ2v) is 3.81. The number of amides is 1. The summed E-state index contributed by atoms with van der Waals surface area (Å²) in [6, 6.07) is 0. The van der Waals surface area contributed by atoms with Crippen LogP contribution >= 0.6 is 0 Å². The summed E-state index contributed by atoms with van der Waals surface area (Å²) in [6.07, 6.45) is 6.86. The number of hydrogen-bond acceptors (Lipinski definition) is 3. The fraction of sp³-hybridized carbons (Fsp3) is 0.727. The van der Waals surface area contributed by atoms with Crippen molar-refractivity contribution < 1.29 is 9.90 Å². The number of carbonyl (C=O) groups is 1. The van der Waals surface area contributed by atoms with Crippen LogP contribution in [0.25, 0.3) is 0 Å². The van der Waals surface area contributed by atoms with Crippen LogP contribution in [0.3, 0.4) is 0 Å². The first-order chi connectivity index (χ1) is 7.27. The van der Waals surface area contributed by atoms with E-state index in [1.807, 2.05) is 4.90 Å². The predicted molar refractivity (Wildman–Crippen MR) is 58.1 cm³/mol. The number of aliphatic hydroxyl groups excluding tert-OH is 1. The van der Waals surface area contributed by atoms with Crippen LogP contribution < -0.4 is 5.32 Å². The number of aliphatic hydroxyl groups is 1. The van der Waals surface area contributed by atoms with Crippen molar-refractivity contribution >= 4 is 5.91 Å². The first-order valence-corrected chi connectivity index (χ1v) is 5.30. The van der Waals surface area contributed by atoms with Gasteiger partial charge in [0, 0.05) is 19.7 Å². The molecule has 1 aliphatic heterocycles. The van der Waals surface area contributed by atoms with Gasteiger partial charge in [-0.1, -0.05) is 5.92 Å². The van der Waals surface area contributed by atoms with Crippen LogP contribution in [0.4, 0.5) is 0 Å². The fourth-order valence-corrected chi connectivity index (χ4v) is 1.83. The summed E-state index contributed by atoms with van der Waals surface area (Å²) in [7, 11) is 0. The van der Waals surface area contributed by atoms with Crippen molar-refractivity contribution in [3.05, 3.63) is 0 Å². The van der Waals surface area contributed by atoms with E-state index in [9.17, 15) is 4.79 Å². The molecule has 1 atom stereocenters. The normalized spacial score (nSPS) is 20.3. The zero-order chi connectivity index (χ0) is 11.1. The van der Waals surface area contributed by atoms with Gasteiger partial charge in [-0.25, -0.2) is 0 Å². The third kappa shape index (κ3) is 3.90. The number of carbonyl (C=O) groups excluding carboxylic acids is 1. The summed E-state index contributed by atoms with van der Waals surface area (Å²) in [5.41, 5.74) is 0. The Morgan fingerprint density at radius 1 is 1.67 bits per heavy atom. The summed E-state index contributed by atoms with van der Waals surface area (Å²) in [6.45, 7) is 2.54. The Morgan fingerprint density at radius 2 is 2.47 bits per heavy atom. The van der Waals surface area contributed by atoms with Crippen LogP contribution in [0.2, 0.25) is 0 Å². The molecule has 0 saturated carbocycles. The van der Waals surface area contributed by atoms with Crippen LogP contribution in [0.15, 0.2) is 0 Å². The minimum atomic E-state index is 0.102. The summed E-state index contributed by atoms with van der Waals surface area (Å²) < 4.78 is 0. The maximum absolute atomic E-state index is 11.6. The quantitative estimate of drug-likeness (QED) is 0.472. The molecular formula is C11H18N2O2. The average molecular weight is 210 g/mol. The lowest BCUT2D eigenvalue weighted by Crippen LogP contribution is -2.36. The van der Waals surface area contributed by atoms with E-state index in [1.54, 1.807) is 0 Å². The van der Waals surface area contributed by atoms with Crippen molar-refractivity contribution in [2.24, 2.45) is 5.92 Å². The maximum atomic E-state index is 11.6. The van der Waals surface area contributed by atoms with E-state index in [0.717, 1.165) is 25.9 Å². The molecule has 0 aromatic rings. The molecule has 1 fully saturated rings. The van der Waals surface area contributed by atoms with E-state index < -0.39 is 0 Å². The zero-order valence-electron chi connectivity index (χ0n) is 8.91. The van der Waals surface area contributed by atoms with Gasteiger partial charge >= 0.3 is 0 Å². The van der Waals surface area contributed by atoms with Crippen molar-refractivity contribution in [1.29, 1.82) is 0 Å². The van der Waals surface area contributed by atoms with Crippen molar-refractivity contribution in [1.82, 2.24) is 10.2 Å². The molecule has 0 aromatic heterocycles. The highest BCUT2D eigenvalue weighted by molar-refractivity contribution is 5.78. The van der Waals surface area contributed by atoms with Gasteiger partial charge in [-0.15, -0.1) is 6.42 Å². The molecule has 1 heterocycles. The molecule has 0 radical (unpaired) electrons. The number of likely N-dealkylation sites (tertiary alicyclic amines) is 1. The van der Waals surface area contributed by atoms with Gasteiger partial charge in [0.15, 0.2) is 0 Å². The molecule has 2 N–H and O–H groups in total.